The van der Waals surface area contributed by atoms with Gasteiger partial charge in [0.1, 0.15) is 32.9 Å². The monoisotopic (exact) mass is 1230 g/mol. The second-order valence-corrected chi connectivity index (χ2v) is 28.9. The Labute approximate surface area is 522 Å². The molecular weight excluding hydrogens is 1140 g/mol. The number of anilines is 2. The van der Waals surface area contributed by atoms with E-state index < -0.39 is 29.3 Å². The predicted molar refractivity (Wildman–Crippen MR) is 348 cm³/mol. The summed E-state index contributed by atoms with van der Waals surface area (Å²) in [6, 6.07) is 28.1. The van der Waals surface area contributed by atoms with E-state index in [0.29, 0.717) is 27.8 Å². The van der Waals surface area contributed by atoms with Crippen molar-refractivity contribution < 1.29 is 28.8 Å². The fraction of sp³-hybridized carbons (Fsp3) is 0.552. The highest BCUT2D eigenvalue weighted by Gasteiger charge is 2.40. The van der Waals surface area contributed by atoms with Crippen LogP contribution in [-0.2, 0) is 35.2 Å². The van der Waals surface area contributed by atoms with E-state index in [1.807, 2.05) is 153 Å². The topological polar surface area (TPSA) is 242 Å². The van der Waals surface area contributed by atoms with Crippen LogP contribution in [0.15, 0.2) is 91.0 Å². The van der Waals surface area contributed by atoms with Crippen LogP contribution < -0.4 is 21.7 Å². The molecule has 0 aliphatic heterocycles. The van der Waals surface area contributed by atoms with Crippen molar-refractivity contribution in [2.75, 3.05) is 10.6 Å². The molecule has 0 radical (unpaired) electrons. The average Bonchev–Trinajstić information content (AvgIpc) is 2.10. The Bertz CT molecular complexity index is 3120. The molecule has 0 spiro atoms. The fourth-order valence-corrected chi connectivity index (χ4v) is 12.7. The summed E-state index contributed by atoms with van der Waals surface area (Å²) in [5.41, 5.74) is 10.4. The lowest BCUT2D eigenvalue weighted by atomic mass is 9.74. The summed E-state index contributed by atoms with van der Waals surface area (Å²) in [6.45, 7) is 24.0. The zero-order valence-corrected chi connectivity index (χ0v) is 55.1. The first-order valence-corrected chi connectivity index (χ1v) is 33.0. The summed E-state index contributed by atoms with van der Waals surface area (Å²) in [5.74, 6) is -1.13. The third-order valence-electron chi connectivity index (χ3n) is 17.2. The Kier molecular flexibility index (Phi) is 25.7. The van der Waals surface area contributed by atoms with Crippen LogP contribution in [0.2, 0.25) is 0 Å². The van der Waals surface area contributed by atoms with Gasteiger partial charge in [0.25, 0.3) is 0 Å². The maximum absolute atomic E-state index is 13.7. The van der Waals surface area contributed by atoms with Crippen molar-refractivity contribution in [3.05, 3.63) is 95.9 Å². The summed E-state index contributed by atoms with van der Waals surface area (Å²) < 4.78 is 12.1. The highest BCUT2D eigenvalue weighted by atomic mass is 32.1. The van der Waals surface area contributed by atoms with Crippen molar-refractivity contribution >= 4 is 79.7 Å². The number of hydrogen-bond donors (Lipinski definition) is 4. The van der Waals surface area contributed by atoms with Crippen molar-refractivity contribution in [2.24, 2.45) is 57.5 Å². The summed E-state index contributed by atoms with van der Waals surface area (Å²) in [5, 5.41) is 22.8. The van der Waals surface area contributed by atoms with Gasteiger partial charge in [-0.2, -0.15) is 0 Å². The van der Waals surface area contributed by atoms with Gasteiger partial charge in [-0.1, -0.05) is 226 Å². The molecule has 6 aromatic rings. The third-order valence-corrected chi connectivity index (χ3v) is 19.2. The number of aromatic nitrogens is 6. The normalized spacial score (nSPS) is 16.3. The number of Topliss-reactive ketones (excluding diaryl/α,β-unsaturated/α-hetero) is 3. The number of ketones is 3. The van der Waals surface area contributed by atoms with Gasteiger partial charge in [-0.15, -0.1) is 15.3 Å². The lowest BCUT2D eigenvalue weighted by Gasteiger charge is -2.34. The van der Waals surface area contributed by atoms with E-state index in [0.717, 1.165) is 115 Å². The van der Waals surface area contributed by atoms with Gasteiger partial charge in [-0.05, 0) is 71.7 Å². The van der Waals surface area contributed by atoms with Crippen molar-refractivity contribution in [2.45, 2.75) is 185 Å². The van der Waals surface area contributed by atoms with Crippen LogP contribution in [0.5, 0.6) is 0 Å². The lowest BCUT2D eigenvalue weighted by Crippen LogP contribution is -2.49. The number of hydrogen-bond acceptors (Lipinski definition) is 16. The molecule has 3 amide bonds. The van der Waals surface area contributed by atoms with Crippen molar-refractivity contribution in [3.63, 3.8) is 0 Å². The molecule has 8 rings (SSSR count). The van der Waals surface area contributed by atoms with Crippen LogP contribution in [0.3, 0.4) is 0 Å². The largest absolute Gasteiger partial charge is 0.346 e. The Morgan fingerprint density at radius 2 is 0.907 bits per heavy atom. The van der Waals surface area contributed by atoms with Gasteiger partial charge in [0, 0.05) is 70.9 Å². The van der Waals surface area contributed by atoms with Gasteiger partial charge in [-0.3, -0.25) is 28.8 Å². The van der Waals surface area contributed by atoms with E-state index in [2.05, 4.69) is 65.5 Å². The van der Waals surface area contributed by atoms with Crippen LogP contribution in [0, 0.1) is 51.8 Å². The minimum atomic E-state index is -0.567. The fourth-order valence-electron chi connectivity index (χ4n) is 10.9. The number of nitrogens with two attached hydrogens (primary N) is 1. The van der Waals surface area contributed by atoms with Gasteiger partial charge in [0.05, 0.1) is 28.8 Å². The van der Waals surface area contributed by atoms with Crippen molar-refractivity contribution in [1.82, 2.24) is 34.1 Å². The minimum Gasteiger partial charge on any atom is -0.346 e. The summed E-state index contributed by atoms with van der Waals surface area (Å²) in [7, 11) is 0. The number of amides is 3. The van der Waals surface area contributed by atoms with E-state index in [1.54, 1.807) is 0 Å². The van der Waals surface area contributed by atoms with Gasteiger partial charge in [0.15, 0.2) is 11.6 Å². The molecule has 3 aromatic carbocycles. The molecular formula is C67H92N10O6S3. The molecule has 2 saturated carbocycles. The Balaban J connectivity index is 0.000000214. The van der Waals surface area contributed by atoms with Crippen LogP contribution in [-0.4, -0.2) is 75.9 Å². The Morgan fingerprint density at radius 1 is 0.512 bits per heavy atom. The molecule has 464 valence electrons. The maximum Gasteiger partial charge on any atom is 0.229 e. The summed E-state index contributed by atoms with van der Waals surface area (Å²) in [6.07, 6.45) is 12.0. The maximum atomic E-state index is 13.7. The molecule has 16 nitrogen and oxygen atoms in total. The molecule has 2 aliphatic carbocycles. The first kappa shape index (κ1) is 68.8. The second-order valence-electron chi connectivity index (χ2n) is 26.5. The van der Waals surface area contributed by atoms with E-state index in [1.165, 1.54) is 18.0 Å². The SMILES string of the molecule is CC(C)(C)[C@H](CC(=O)[C@@H](N)C1CCCCC1)C(=O)Nc1snnc1-c1ccccc1.CC[C@@H](C)C(=O)N[C@H](C(=O)C[C@H](C(=O)Nc1snnc1-c1ccccc1)C(C)(C)C)C1CCCCC1.C[C@H](C(=O)Cc1snnc1-c1ccccc1)C(C)(C)C. The molecule has 0 unspecified atom stereocenters. The zero-order valence-electron chi connectivity index (χ0n) is 52.6. The number of nitrogens with one attached hydrogen (secondary N) is 3. The molecule has 2 aliphatic rings. The summed E-state index contributed by atoms with van der Waals surface area (Å²) >= 11 is 3.59. The van der Waals surface area contributed by atoms with E-state index in [-0.39, 0.29) is 82.4 Å². The standard InChI is InChI=1S/C28H40N4O3S.C23H32N4O2S.C16H20N2OS/c1-6-18(2)25(34)29-23(19-13-9-7-10-14-19)22(33)17-21(28(3,4)5)26(35)30-27-24(31-32-36-27)20-15-11-8-12-16-20;1-23(2,3)17(14-18(28)19(24)15-10-6-4-7-11-15)21(29)25-22-20(26-27-30-22)16-12-8-5-9-13-16;1-11(16(2,3)4)13(19)10-14-15(17-18-20-14)12-8-6-5-7-9-12/h8,11-12,15-16,18-19,21,23H,6-7,9-10,13-14,17H2,1-5H3,(H,29,34)(H,30,35);5,8-9,12-13,15,17,19H,4,6-7,10-11,14,24H2,1-3H3,(H,25,29);5-9,11H,10H2,1-4H3/t18-,21-,23+;17-,19+;11-/m111/s1. The number of benzene rings is 3. The summed E-state index contributed by atoms with van der Waals surface area (Å²) in [4.78, 5) is 79.6. The molecule has 2 fully saturated rings. The van der Waals surface area contributed by atoms with Gasteiger partial charge < -0.3 is 21.7 Å². The highest BCUT2D eigenvalue weighted by molar-refractivity contribution is 7.11. The van der Waals surface area contributed by atoms with Crippen LogP contribution in [0.4, 0.5) is 10.0 Å². The molecule has 19 heteroatoms. The Morgan fingerprint density at radius 3 is 1.33 bits per heavy atom. The Hall–Kier alpha value is -6.28. The molecule has 5 N–H and O–H groups in total. The molecule has 3 aromatic heterocycles. The highest BCUT2D eigenvalue weighted by Crippen LogP contribution is 2.38. The molecule has 0 bridgehead atoms. The molecule has 3 heterocycles. The van der Waals surface area contributed by atoms with E-state index in [4.69, 9.17) is 5.73 Å². The number of carbonyl (C=O) groups is 6. The van der Waals surface area contributed by atoms with E-state index in [9.17, 15) is 28.8 Å². The van der Waals surface area contributed by atoms with Crippen LogP contribution in [0.25, 0.3) is 33.8 Å². The second kappa shape index (κ2) is 32.1. The van der Waals surface area contributed by atoms with Crippen LogP contribution >= 0.6 is 34.6 Å². The zero-order chi connectivity index (χ0) is 62.8. The van der Waals surface area contributed by atoms with Gasteiger partial charge >= 0.3 is 0 Å². The number of rotatable bonds is 21. The first-order chi connectivity index (χ1) is 40.8. The molecule has 0 saturated heterocycles. The number of carbonyl (C=O) groups excluding carboxylic acids is 6. The van der Waals surface area contributed by atoms with Crippen molar-refractivity contribution in [3.8, 4) is 33.8 Å². The third kappa shape index (κ3) is 19.9. The first-order valence-electron chi connectivity index (χ1n) is 30.7. The van der Waals surface area contributed by atoms with Crippen molar-refractivity contribution in [1.29, 1.82) is 0 Å². The van der Waals surface area contributed by atoms with Gasteiger partial charge in [-0.25, -0.2) is 0 Å². The predicted octanol–water partition coefficient (Wildman–Crippen LogP) is 14.5. The molecule has 6 atom stereocenters. The smallest absolute Gasteiger partial charge is 0.229 e. The van der Waals surface area contributed by atoms with E-state index >= 15 is 0 Å². The molecule has 86 heavy (non-hydrogen) atoms. The van der Waals surface area contributed by atoms with Crippen LogP contribution in [0.1, 0.15) is 171 Å². The number of nitrogens with zero attached hydrogens (tertiary/aromatic N) is 6. The minimum absolute atomic E-state index is 0.0114. The van der Waals surface area contributed by atoms with Gasteiger partial charge in [0.2, 0.25) is 17.7 Å². The quantitative estimate of drug-likeness (QED) is 0.0525. The lowest BCUT2D eigenvalue weighted by molar-refractivity contribution is -0.134. The average molecular weight is 1230 g/mol.